The van der Waals surface area contributed by atoms with Gasteiger partial charge in [0.15, 0.2) is 5.79 Å². The Kier molecular flexibility index (Phi) is 4.00. The summed E-state index contributed by atoms with van der Waals surface area (Å²) in [6, 6.07) is 5.91. The van der Waals surface area contributed by atoms with Gasteiger partial charge >= 0.3 is 0 Å². The van der Waals surface area contributed by atoms with Crippen molar-refractivity contribution in [3.05, 3.63) is 34.9 Å². The monoisotopic (exact) mass is 289 g/mol. The lowest BCUT2D eigenvalue weighted by atomic mass is 9.99. The van der Waals surface area contributed by atoms with E-state index in [2.05, 4.69) is 0 Å². The summed E-state index contributed by atoms with van der Waals surface area (Å²) in [5.74, 6) is -0.307. The van der Waals surface area contributed by atoms with Crippen molar-refractivity contribution in [3.8, 4) is 0 Å². The van der Waals surface area contributed by atoms with Gasteiger partial charge in [0.25, 0.3) is 5.91 Å². The molecule has 1 aromatic carbocycles. The largest absolute Gasteiger partial charge is 0.350 e. The molecule has 0 radical (unpaired) electrons. The van der Waals surface area contributed by atoms with E-state index < -0.39 is 5.79 Å². The summed E-state index contributed by atoms with van der Waals surface area (Å²) in [5.41, 5.74) is 3.05. The maximum absolute atomic E-state index is 12.7. The Morgan fingerprint density at radius 1 is 1.14 bits per heavy atom. The Hall–Kier alpha value is -1.39. The quantitative estimate of drug-likeness (QED) is 0.798. The number of aryl methyl sites for hydroxylation is 1. The molecule has 0 N–H and O–H groups in total. The minimum atomic E-state index is -0.434. The first-order chi connectivity index (χ1) is 10.1. The molecular formula is C17H23NO3. The number of carbonyl (C=O) groups excluding carboxylic acids is 1. The standard InChI is InChI=1S/C17H23NO3/c1-13-5-3-6-15(14(13)2)16(19)18-9-7-17(8-10-18)20-11-4-12-21-17/h3,5-6H,4,7-12H2,1-2H3. The zero-order valence-electron chi connectivity index (χ0n) is 12.9. The van der Waals surface area contributed by atoms with Crippen LogP contribution in [0, 0.1) is 13.8 Å². The summed E-state index contributed by atoms with van der Waals surface area (Å²) in [6.45, 7) is 7.00. The van der Waals surface area contributed by atoms with Crippen molar-refractivity contribution in [1.82, 2.24) is 4.90 Å². The van der Waals surface area contributed by atoms with Gasteiger partial charge in [-0.3, -0.25) is 4.79 Å². The molecule has 2 fully saturated rings. The molecule has 2 aliphatic rings. The van der Waals surface area contributed by atoms with E-state index in [9.17, 15) is 4.79 Å². The molecule has 1 aromatic rings. The van der Waals surface area contributed by atoms with Crippen molar-refractivity contribution in [3.63, 3.8) is 0 Å². The number of hydrogen-bond donors (Lipinski definition) is 0. The highest BCUT2D eigenvalue weighted by Crippen LogP contribution is 2.31. The molecule has 4 nitrogen and oxygen atoms in total. The molecule has 21 heavy (non-hydrogen) atoms. The van der Waals surface area contributed by atoms with Gasteiger partial charge in [0.1, 0.15) is 0 Å². The highest BCUT2D eigenvalue weighted by atomic mass is 16.7. The first-order valence-electron chi connectivity index (χ1n) is 7.75. The number of ether oxygens (including phenoxy) is 2. The van der Waals surface area contributed by atoms with E-state index >= 15 is 0 Å². The highest BCUT2D eigenvalue weighted by molar-refractivity contribution is 5.96. The third-order valence-electron chi connectivity index (χ3n) is 4.67. The molecule has 2 saturated heterocycles. The Morgan fingerprint density at radius 3 is 2.48 bits per heavy atom. The summed E-state index contributed by atoms with van der Waals surface area (Å²) < 4.78 is 11.6. The van der Waals surface area contributed by atoms with Crippen LogP contribution in [0.4, 0.5) is 0 Å². The van der Waals surface area contributed by atoms with Crippen molar-refractivity contribution in [2.24, 2.45) is 0 Å². The first-order valence-corrected chi connectivity index (χ1v) is 7.75. The van der Waals surface area contributed by atoms with Crippen molar-refractivity contribution >= 4 is 5.91 Å². The lowest BCUT2D eigenvalue weighted by Crippen LogP contribution is -2.51. The van der Waals surface area contributed by atoms with Crippen LogP contribution in [0.3, 0.4) is 0 Å². The predicted octanol–water partition coefficient (Wildman–Crippen LogP) is 2.67. The van der Waals surface area contributed by atoms with Gasteiger partial charge in [0.05, 0.1) is 13.2 Å². The van der Waals surface area contributed by atoms with Crippen LogP contribution in [0.2, 0.25) is 0 Å². The van der Waals surface area contributed by atoms with Crippen molar-refractivity contribution < 1.29 is 14.3 Å². The van der Waals surface area contributed by atoms with Crippen molar-refractivity contribution in [1.29, 1.82) is 0 Å². The van der Waals surface area contributed by atoms with E-state index in [0.717, 1.165) is 49.2 Å². The maximum Gasteiger partial charge on any atom is 0.254 e. The molecule has 3 rings (SSSR count). The lowest BCUT2D eigenvalue weighted by molar-refractivity contribution is -0.281. The van der Waals surface area contributed by atoms with Gasteiger partial charge in [-0.05, 0) is 37.5 Å². The third kappa shape index (κ3) is 2.83. The summed E-state index contributed by atoms with van der Waals surface area (Å²) in [7, 11) is 0. The number of nitrogens with zero attached hydrogens (tertiary/aromatic N) is 1. The van der Waals surface area contributed by atoms with Gasteiger partial charge in [-0.15, -0.1) is 0 Å². The molecule has 1 spiro atoms. The summed E-state index contributed by atoms with van der Waals surface area (Å²) in [5, 5.41) is 0. The molecule has 0 aliphatic carbocycles. The summed E-state index contributed by atoms with van der Waals surface area (Å²) in [6.07, 6.45) is 2.50. The number of benzene rings is 1. The number of carbonyl (C=O) groups is 1. The normalized spacial score (nSPS) is 21.5. The minimum absolute atomic E-state index is 0.127. The summed E-state index contributed by atoms with van der Waals surface area (Å²) >= 11 is 0. The molecular weight excluding hydrogens is 266 g/mol. The number of amides is 1. The Bertz CT molecular complexity index is 525. The second-order valence-corrected chi connectivity index (χ2v) is 6.00. The molecule has 0 unspecified atom stereocenters. The van der Waals surface area contributed by atoms with E-state index in [0.29, 0.717) is 13.1 Å². The fourth-order valence-corrected chi connectivity index (χ4v) is 3.11. The zero-order chi connectivity index (χ0) is 14.9. The highest BCUT2D eigenvalue weighted by Gasteiger charge is 2.39. The Labute approximate surface area is 126 Å². The number of likely N-dealkylation sites (tertiary alicyclic amines) is 1. The van der Waals surface area contributed by atoms with Gasteiger partial charge in [-0.2, -0.15) is 0 Å². The minimum Gasteiger partial charge on any atom is -0.350 e. The van der Waals surface area contributed by atoms with Crippen LogP contribution < -0.4 is 0 Å². The van der Waals surface area contributed by atoms with E-state index in [4.69, 9.17) is 9.47 Å². The van der Waals surface area contributed by atoms with Crippen LogP contribution in [0.5, 0.6) is 0 Å². The molecule has 0 bridgehead atoms. The predicted molar refractivity (Wildman–Crippen MR) is 80.3 cm³/mol. The SMILES string of the molecule is Cc1cccc(C(=O)N2CCC3(CC2)OCCCO3)c1C. The fourth-order valence-electron chi connectivity index (χ4n) is 3.11. The zero-order valence-corrected chi connectivity index (χ0v) is 12.9. The van der Waals surface area contributed by atoms with Crippen LogP contribution >= 0.6 is 0 Å². The average Bonchev–Trinajstić information content (AvgIpc) is 2.51. The first kappa shape index (κ1) is 14.5. The van der Waals surface area contributed by atoms with Crippen LogP contribution in [0.1, 0.15) is 40.7 Å². The van der Waals surface area contributed by atoms with E-state index in [-0.39, 0.29) is 5.91 Å². The third-order valence-corrected chi connectivity index (χ3v) is 4.67. The van der Waals surface area contributed by atoms with E-state index in [1.807, 2.05) is 36.9 Å². The van der Waals surface area contributed by atoms with Crippen LogP contribution in [-0.4, -0.2) is 42.9 Å². The molecule has 4 heteroatoms. The second-order valence-electron chi connectivity index (χ2n) is 6.00. The van der Waals surface area contributed by atoms with Crippen molar-refractivity contribution in [2.45, 2.75) is 38.9 Å². The van der Waals surface area contributed by atoms with Crippen LogP contribution in [-0.2, 0) is 9.47 Å². The molecule has 1 amide bonds. The van der Waals surface area contributed by atoms with Gasteiger partial charge in [-0.25, -0.2) is 0 Å². The molecule has 2 heterocycles. The molecule has 2 aliphatic heterocycles. The molecule has 0 saturated carbocycles. The Morgan fingerprint density at radius 2 is 1.81 bits per heavy atom. The Balaban J connectivity index is 1.69. The van der Waals surface area contributed by atoms with Gasteiger partial charge in [0, 0.05) is 31.5 Å². The van der Waals surface area contributed by atoms with Gasteiger partial charge in [0.2, 0.25) is 0 Å². The summed E-state index contributed by atoms with van der Waals surface area (Å²) in [4.78, 5) is 14.6. The molecule has 114 valence electrons. The van der Waals surface area contributed by atoms with E-state index in [1.165, 1.54) is 0 Å². The average molecular weight is 289 g/mol. The van der Waals surface area contributed by atoms with E-state index in [1.54, 1.807) is 0 Å². The van der Waals surface area contributed by atoms with Crippen LogP contribution in [0.25, 0.3) is 0 Å². The fraction of sp³-hybridized carbons (Fsp3) is 0.588. The molecule has 0 atom stereocenters. The smallest absolute Gasteiger partial charge is 0.254 e. The van der Waals surface area contributed by atoms with Gasteiger partial charge < -0.3 is 14.4 Å². The number of hydrogen-bond acceptors (Lipinski definition) is 3. The maximum atomic E-state index is 12.7. The number of rotatable bonds is 1. The topological polar surface area (TPSA) is 38.8 Å². The molecule has 0 aromatic heterocycles. The van der Waals surface area contributed by atoms with Gasteiger partial charge in [-0.1, -0.05) is 12.1 Å². The van der Waals surface area contributed by atoms with Crippen molar-refractivity contribution in [2.75, 3.05) is 26.3 Å². The lowest BCUT2D eigenvalue weighted by Gasteiger charge is -2.43. The number of piperidine rings is 1. The van der Waals surface area contributed by atoms with Crippen LogP contribution in [0.15, 0.2) is 18.2 Å². The second kappa shape index (κ2) is 5.78.